The Balaban J connectivity index is 1.54. The smallest absolute Gasteiger partial charge is 0.341 e. The summed E-state index contributed by atoms with van der Waals surface area (Å²) in [5.74, 6) is 0. The molecule has 0 unspecified atom stereocenters. The van der Waals surface area contributed by atoms with Gasteiger partial charge in [0.25, 0.3) is 0 Å². The Morgan fingerprint density at radius 1 is 0.742 bits per heavy atom. The van der Waals surface area contributed by atoms with Gasteiger partial charge in [0.15, 0.2) is 0 Å². The van der Waals surface area contributed by atoms with Crippen molar-refractivity contribution in [3.8, 4) is 0 Å². The minimum absolute atomic E-state index is 0.00302. The summed E-state index contributed by atoms with van der Waals surface area (Å²) in [6.07, 6.45) is 4.37. The number of fused-ring (bicyclic) bond motifs is 1. The van der Waals surface area contributed by atoms with Crippen LogP contribution in [0.4, 0.5) is 16.2 Å². The Bertz CT molecular complexity index is 1080. The second kappa shape index (κ2) is 7.93. The first-order chi connectivity index (χ1) is 15.1. The zero-order chi connectivity index (χ0) is 21.4. The molecule has 1 fully saturated rings. The molecule has 3 aromatic carbocycles. The predicted octanol–water partition coefficient (Wildman–Crippen LogP) is 5.22. The van der Waals surface area contributed by atoms with Gasteiger partial charge in [-0.25, -0.2) is 9.80 Å². The van der Waals surface area contributed by atoms with Crippen LogP contribution in [0.3, 0.4) is 0 Å². The lowest BCUT2D eigenvalue weighted by molar-refractivity contribution is -0.00356. The van der Waals surface area contributed by atoms with Crippen LogP contribution >= 0.6 is 0 Å². The van der Waals surface area contributed by atoms with E-state index in [-0.39, 0.29) is 18.1 Å². The van der Waals surface area contributed by atoms with Gasteiger partial charge in [-0.3, -0.25) is 4.90 Å². The minimum Gasteiger partial charge on any atom is -0.378 e. The number of carbonyl (C=O) groups excluding carboxylic acids is 1. The van der Waals surface area contributed by atoms with Gasteiger partial charge in [0, 0.05) is 25.5 Å². The van der Waals surface area contributed by atoms with E-state index in [0.717, 1.165) is 16.9 Å². The third-order valence-corrected chi connectivity index (χ3v) is 6.01. The van der Waals surface area contributed by atoms with Gasteiger partial charge in [0.2, 0.25) is 0 Å². The average molecular weight is 411 g/mol. The molecular weight excluding hydrogens is 384 g/mol. The molecule has 0 spiro atoms. The Labute approximate surface area is 183 Å². The molecule has 2 aliphatic rings. The van der Waals surface area contributed by atoms with E-state index in [2.05, 4.69) is 58.5 Å². The largest absolute Gasteiger partial charge is 0.378 e. The normalized spacial score (nSPS) is 20.8. The summed E-state index contributed by atoms with van der Waals surface area (Å²) in [6, 6.07) is 28.6. The third kappa shape index (κ3) is 3.47. The Hall–Kier alpha value is -3.57. The van der Waals surface area contributed by atoms with E-state index in [0.29, 0.717) is 6.67 Å². The maximum Gasteiger partial charge on any atom is 0.341 e. The van der Waals surface area contributed by atoms with Crippen LogP contribution in [-0.4, -0.2) is 36.8 Å². The van der Waals surface area contributed by atoms with Crippen molar-refractivity contribution in [2.75, 3.05) is 30.6 Å². The Kier molecular flexibility index (Phi) is 4.96. The quantitative estimate of drug-likeness (QED) is 0.552. The van der Waals surface area contributed by atoms with Crippen LogP contribution < -0.4 is 9.80 Å². The number of amides is 2. The minimum atomic E-state index is -0.125. The number of hydrogen-bond acceptors (Lipinski definition) is 3. The second-order valence-corrected chi connectivity index (χ2v) is 8.14. The molecule has 2 atom stereocenters. The van der Waals surface area contributed by atoms with Gasteiger partial charge in [0.1, 0.15) is 0 Å². The molecule has 3 aromatic rings. The molecule has 2 amide bonds. The highest BCUT2D eigenvalue weighted by atomic mass is 16.2. The maximum absolute atomic E-state index is 13.7. The molecule has 0 aromatic heterocycles. The van der Waals surface area contributed by atoms with Crippen molar-refractivity contribution in [3.63, 3.8) is 0 Å². The molecule has 1 saturated heterocycles. The first-order valence-corrected chi connectivity index (χ1v) is 10.6. The van der Waals surface area contributed by atoms with Crippen molar-refractivity contribution in [3.05, 3.63) is 108 Å². The molecule has 2 heterocycles. The standard InChI is InChI=1S/C26H26N4O/c1-27(2)22-13-15-23(16-14-22)28-19-29-24(20-9-5-3-6-10-20)17-18-25(30(29)26(28)31)21-11-7-4-8-12-21/h3-18,24-25H,19H2,1-2H3/t24-,25+/m0/s1. The summed E-state index contributed by atoms with van der Waals surface area (Å²) >= 11 is 0. The van der Waals surface area contributed by atoms with E-state index in [1.807, 2.05) is 72.5 Å². The average Bonchev–Trinajstić information content (AvgIpc) is 3.17. The third-order valence-electron chi connectivity index (χ3n) is 6.01. The topological polar surface area (TPSA) is 30.0 Å². The number of hydrazine groups is 1. The molecule has 0 aliphatic carbocycles. The van der Waals surface area contributed by atoms with Gasteiger partial charge in [-0.05, 0) is 35.4 Å². The van der Waals surface area contributed by atoms with Gasteiger partial charge in [-0.15, -0.1) is 0 Å². The Morgan fingerprint density at radius 2 is 1.29 bits per heavy atom. The van der Waals surface area contributed by atoms with Crippen molar-refractivity contribution >= 4 is 17.4 Å². The number of benzene rings is 3. The van der Waals surface area contributed by atoms with Gasteiger partial charge in [0.05, 0.1) is 18.8 Å². The lowest BCUT2D eigenvalue weighted by atomic mass is 9.99. The number of urea groups is 1. The fourth-order valence-corrected chi connectivity index (χ4v) is 4.36. The molecule has 0 N–H and O–H groups in total. The highest BCUT2D eigenvalue weighted by Gasteiger charge is 2.45. The lowest BCUT2D eigenvalue weighted by Crippen LogP contribution is -2.45. The van der Waals surface area contributed by atoms with Crippen LogP contribution in [0.5, 0.6) is 0 Å². The SMILES string of the molecule is CN(C)c1ccc(N2CN3[C@H](c4ccccc4)C=C[C@H](c4ccccc4)N3C2=O)cc1. The first kappa shape index (κ1) is 19.4. The zero-order valence-corrected chi connectivity index (χ0v) is 17.8. The fraction of sp³-hybridized carbons (Fsp3) is 0.192. The summed E-state index contributed by atoms with van der Waals surface area (Å²) in [7, 11) is 4.03. The number of anilines is 2. The van der Waals surface area contributed by atoms with Crippen molar-refractivity contribution < 1.29 is 4.79 Å². The lowest BCUT2D eigenvalue weighted by Gasteiger charge is -2.40. The number of rotatable bonds is 4. The zero-order valence-electron chi connectivity index (χ0n) is 17.8. The molecule has 5 nitrogen and oxygen atoms in total. The highest BCUT2D eigenvalue weighted by molar-refractivity contribution is 5.94. The predicted molar refractivity (Wildman–Crippen MR) is 125 cm³/mol. The monoisotopic (exact) mass is 410 g/mol. The molecule has 156 valence electrons. The van der Waals surface area contributed by atoms with Crippen LogP contribution in [-0.2, 0) is 0 Å². The van der Waals surface area contributed by atoms with Gasteiger partial charge in [-0.1, -0.05) is 72.8 Å². The molecule has 5 heteroatoms. The second-order valence-electron chi connectivity index (χ2n) is 8.14. The van der Waals surface area contributed by atoms with Crippen LogP contribution in [0.1, 0.15) is 23.2 Å². The van der Waals surface area contributed by atoms with Crippen molar-refractivity contribution in [2.45, 2.75) is 12.1 Å². The van der Waals surface area contributed by atoms with E-state index in [9.17, 15) is 4.79 Å². The van der Waals surface area contributed by atoms with Gasteiger partial charge < -0.3 is 4.90 Å². The van der Waals surface area contributed by atoms with Crippen LogP contribution in [0.25, 0.3) is 0 Å². The van der Waals surface area contributed by atoms with E-state index in [4.69, 9.17) is 0 Å². The Morgan fingerprint density at radius 3 is 1.87 bits per heavy atom. The summed E-state index contributed by atoms with van der Waals surface area (Å²) in [6.45, 7) is 0.507. The molecule has 5 rings (SSSR count). The van der Waals surface area contributed by atoms with Crippen LogP contribution in [0.2, 0.25) is 0 Å². The summed E-state index contributed by atoms with van der Waals surface area (Å²) in [4.78, 5) is 17.6. The van der Waals surface area contributed by atoms with Crippen molar-refractivity contribution in [2.24, 2.45) is 0 Å². The van der Waals surface area contributed by atoms with E-state index >= 15 is 0 Å². The van der Waals surface area contributed by atoms with Crippen LogP contribution in [0, 0.1) is 0 Å². The molecule has 0 bridgehead atoms. The van der Waals surface area contributed by atoms with E-state index in [1.165, 1.54) is 5.56 Å². The van der Waals surface area contributed by atoms with Crippen molar-refractivity contribution in [1.82, 2.24) is 10.0 Å². The number of carbonyl (C=O) groups is 1. The highest BCUT2D eigenvalue weighted by Crippen LogP contribution is 2.41. The summed E-state index contributed by atoms with van der Waals surface area (Å²) in [5.41, 5.74) is 4.30. The van der Waals surface area contributed by atoms with Crippen LogP contribution in [0.15, 0.2) is 97.1 Å². The number of nitrogens with zero attached hydrogens (tertiary/aromatic N) is 4. The van der Waals surface area contributed by atoms with Gasteiger partial charge >= 0.3 is 6.03 Å². The molecule has 0 radical (unpaired) electrons. The van der Waals surface area contributed by atoms with Crippen molar-refractivity contribution in [1.29, 1.82) is 0 Å². The van der Waals surface area contributed by atoms with E-state index < -0.39 is 0 Å². The maximum atomic E-state index is 13.7. The molecular formula is C26H26N4O. The van der Waals surface area contributed by atoms with Gasteiger partial charge in [-0.2, -0.15) is 5.01 Å². The molecule has 31 heavy (non-hydrogen) atoms. The summed E-state index contributed by atoms with van der Waals surface area (Å²) < 4.78 is 0. The fourth-order valence-electron chi connectivity index (χ4n) is 4.36. The molecule has 0 saturated carbocycles. The summed E-state index contributed by atoms with van der Waals surface area (Å²) in [5, 5.41) is 4.09. The molecule has 2 aliphatic heterocycles. The van der Waals surface area contributed by atoms with E-state index in [1.54, 1.807) is 0 Å². The number of hydrogen-bond donors (Lipinski definition) is 0. The first-order valence-electron chi connectivity index (χ1n) is 10.6.